The standard InChI is InChI=1S/C12H18N6/c1-4-5-13-7-12-14-8-15-18(12)11-6-9(2)16-10(3)17-11/h6,8,13H,4-5,7H2,1-3H3. The Balaban J connectivity index is 2.24. The van der Waals surface area contributed by atoms with Gasteiger partial charge in [0.2, 0.25) is 0 Å². The van der Waals surface area contributed by atoms with E-state index >= 15 is 0 Å². The van der Waals surface area contributed by atoms with E-state index in [2.05, 4.69) is 32.3 Å². The molecule has 96 valence electrons. The number of rotatable bonds is 5. The molecule has 0 saturated carbocycles. The van der Waals surface area contributed by atoms with E-state index in [-0.39, 0.29) is 0 Å². The van der Waals surface area contributed by atoms with Gasteiger partial charge in [-0.15, -0.1) is 0 Å². The fourth-order valence-corrected chi connectivity index (χ4v) is 1.76. The normalized spacial score (nSPS) is 10.8. The monoisotopic (exact) mass is 246 g/mol. The van der Waals surface area contributed by atoms with Gasteiger partial charge in [0.25, 0.3) is 0 Å². The van der Waals surface area contributed by atoms with Crippen molar-refractivity contribution in [1.29, 1.82) is 0 Å². The third kappa shape index (κ3) is 2.89. The first kappa shape index (κ1) is 12.6. The molecule has 0 amide bonds. The quantitative estimate of drug-likeness (QED) is 0.802. The maximum Gasteiger partial charge on any atom is 0.159 e. The van der Waals surface area contributed by atoms with Gasteiger partial charge in [0, 0.05) is 11.8 Å². The summed E-state index contributed by atoms with van der Waals surface area (Å²) >= 11 is 0. The van der Waals surface area contributed by atoms with Crippen molar-refractivity contribution in [2.24, 2.45) is 0 Å². The summed E-state index contributed by atoms with van der Waals surface area (Å²) < 4.78 is 1.75. The minimum absolute atomic E-state index is 0.690. The van der Waals surface area contributed by atoms with Crippen molar-refractivity contribution in [3.8, 4) is 5.82 Å². The van der Waals surface area contributed by atoms with Crippen LogP contribution in [0.3, 0.4) is 0 Å². The summed E-state index contributed by atoms with van der Waals surface area (Å²) in [6.45, 7) is 7.62. The highest BCUT2D eigenvalue weighted by Gasteiger charge is 2.08. The summed E-state index contributed by atoms with van der Waals surface area (Å²) in [5.41, 5.74) is 0.931. The molecule has 2 aromatic rings. The molecule has 18 heavy (non-hydrogen) atoms. The van der Waals surface area contributed by atoms with Gasteiger partial charge in [-0.3, -0.25) is 0 Å². The number of nitrogens with one attached hydrogen (secondary N) is 1. The number of aromatic nitrogens is 5. The molecule has 0 aliphatic rings. The van der Waals surface area contributed by atoms with Crippen LogP contribution in [-0.2, 0) is 6.54 Å². The van der Waals surface area contributed by atoms with Crippen LogP contribution in [0.2, 0.25) is 0 Å². The van der Waals surface area contributed by atoms with Gasteiger partial charge >= 0.3 is 0 Å². The van der Waals surface area contributed by atoms with Crippen LogP contribution in [0, 0.1) is 13.8 Å². The van der Waals surface area contributed by atoms with Crippen LogP contribution in [-0.4, -0.2) is 31.3 Å². The predicted molar refractivity (Wildman–Crippen MR) is 68.4 cm³/mol. The molecule has 0 aliphatic carbocycles. The van der Waals surface area contributed by atoms with E-state index in [1.54, 1.807) is 11.0 Å². The van der Waals surface area contributed by atoms with Gasteiger partial charge in [0.05, 0.1) is 6.54 Å². The molecule has 0 aliphatic heterocycles. The lowest BCUT2D eigenvalue weighted by atomic mass is 10.4. The lowest BCUT2D eigenvalue weighted by molar-refractivity contribution is 0.628. The molecule has 6 nitrogen and oxygen atoms in total. The van der Waals surface area contributed by atoms with Gasteiger partial charge in [0.15, 0.2) is 5.82 Å². The Morgan fingerprint density at radius 2 is 2.11 bits per heavy atom. The van der Waals surface area contributed by atoms with Gasteiger partial charge < -0.3 is 5.32 Å². The largest absolute Gasteiger partial charge is 0.310 e. The van der Waals surface area contributed by atoms with Crippen molar-refractivity contribution < 1.29 is 0 Å². The molecule has 0 bridgehead atoms. The molecule has 1 N–H and O–H groups in total. The summed E-state index contributed by atoms with van der Waals surface area (Å²) in [5.74, 6) is 2.37. The van der Waals surface area contributed by atoms with Crippen molar-refractivity contribution in [1.82, 2.24) is 30.0 Å². The summed E-state index contributed by atoms with van der Waals surface area (Å²) in [5, 5.41) is 7.53. The maximum absolute atomic E-state index is 4.39. The van der Waals surface area contributed by atoms with Crippen LogP contribution in [0.1, 0.15) is 30.7 Å². The topological polar surface area (TPSA) is 68.5 Å². The van der Waals surface area contributed by atoms with E-state index in [9.17, 15) is 0 Å². The van der Waals surface area contributed by atoms with Gasteiger partial charge in [-0.2, -0.15) is 9.78 Å². The van der Waals surface area contributed by atoms with Gasteiger partial charge in [-0.05, 0) is 26.8 Å². The van der Waals surface area contributed by atoms with Crippen LogP contribution in [0.15, 0.2) is 12.4 Å². The third-order valence-corrected chi connectivity index (χ3v) is 2.50. The molecule has 6 heteroatoms. The molecule has 2 aromatic heterocycles. The molecule has 0 atom stereocenters. The number of aryl methyl sites for hydroxylation is 2. The zero-order valence-corrected chi connectivity index (χ0v) is 11.0. The summed E-state index contributed by atoms with van der Waals surface area (Å²) in [7, 11) is 0. The molecule has 0 radical (unpaired) electrons. The van der Waals surface area contributed by atoms with E-state index in [1.165, 1.54) is 0 Å². The maximum atomic E-state index is 4.39. The molecular weight excluding hydrogens is 228 g/mol. The highest BCUT2D eigenvalue weighted by atomic mass is 15.4. The summed E-state index contributed by atoms with van der Waals surface area (Å²) in [6.07, 6.45) is 2.65. The van der Waals surface area contributed by atoms with E-state index in [0.29, 0.717) is 6.54 Å². The summed E-state index contributed by atoms with van der Waals surface area (Å²) in [4.78, 5) is 12.9. The summed E-state index contributed by atoms with van der Waals surface area (Å²) in [6, 6.07) is 1.91. The second kappa shape index (κ2) is 5.68. The molecule has 0 saturated heterocycles. The predicted octanol–water partition coefficient (Wildman–Crippen LogP) is 1.17. The average molecular weight is 246 g/mol. The average Bonchev–Trinajstić information content (AvgIpc) is 2.76. The number of hydrogen-bond acceptors (Lipinski definition) is 5. The zero-order valence-electron chi connectivity index (χ0n) is 11.0. The third-order valence-electron chi connectivity index (χ3n) is 2.50. The Morgan fingerprint density at radius 3 is 2.83 bits per heavy atom. The molecule has 0 fully saturated rings. The zero-order chi connectivity index (χ0) is 13.0. The van der Waals surface area contributed by atoms with Crippen LogP contribution >= 0.6 is 0 Å². The van der Waals surface area contributed by atoms with Crippen molar-refractivity contribution in [3.63, 3.8) is 0 Å². The lowest BCUT2D eigenvalue weighted by Gasteiger charge is -2.07. The molecule has 0 aromatic carbocycles. The Kier molecular flexibility index (Phi) is 3.99. The Morgan fingerprint density at radius 1 is 1.28 bits per heavy atom. The van der Waals surface area contributed by atoms with Crippen molar-refractivity contribution in [2.45, 2.75) is 33.7 Å². The Labute approximate surface area is 106 Å². The fourth-order valence-electron chi connectivity index (χ4n) is 1.76. The van der Waals surface area contributed by atoms with Crippen molar-refractivity contribution in [3.05, 3.63) is 29.7 Å². The van der Waals surface area contributed by atoms with Gasteiger partial charge in [-0.1, -0.05) is 6.92 Å². The highest BCUT2D eigenvalue weighted by molar-refractivity contribution is 5.24. The van der Waals surface area contributed by atoms with E-state index in [1.807, 2.05) is 19.9 Å². The van der Waals surface area contributed by atoms with Crippen LogP contribution in [0.4, 0.5) is 0 Å². The minimum atomic E-state index is 0.690. The smallest absolute Gasteiger partial charge is 0.159 e. The SMILES string of the molecule is CCCNCc1ncnn1-c1cc(C)nc(C)n1. The van der Waals surface area contributed by atoms with E-state index in [0.717, 1.165) is 36.1 Å². The van der Waals surface area contributed by atoms with E-state index < -0.39 is 0 Å². The van der Waals surface area contributed by atoms with Crippen molar-refractivity contribution in [2.75, 3.05) is 6.54 Å². The first-order chi connectivity index (χ1) is 8.70. The number of hydrogen-bond donors (Lipinski definition) is 1. The van der Waals surface area contributed by atoms with Crippen molar-refractivity contribution >= 4 is 0 Å². The van der Waals surface area contributed by atoms with Crippen LogP contribution in [0.5, 0.6) is 0 Å². The first-order valence-corrected chi connectivity index (χ1v) is 6.13. The van der Waals surface area contributed by atoms with Crippen LogP contribution in [0.25, 0.3) is 5.82 Å². The molecule has 0 unspecified atom stereocenters. The molecule has 2 heterocycles. The lowest BCUT2D eigenvalue weighted by Crippen LogP contribution is -2.18. The Hall–Kier alpha value is -1.82. The molecular formula is C12H18N6. The fraction of sp³-hybridized carbons (Fsp3) is 0.500. The minimum Gasteiger partial charge on any atom is -0.310 e. The first-order valence-electron chi connectivity index (χ1n) is 6.13. The Bertz CT molecular complexity index is 499. The van der Waals surface area contributed by atoms with E-state index in [4.69, 9.17) is 0 Å². The molecule has 0 spiro atoms. The second-order valence-corrected chi connectivity index (χ2v) is 4.18. The highest BCUT2D eigenvalue weighted by Crippen LogP contribution is 2.07. The van der Waals surface area contributed by atoms with Gasteiger partial charge in [-0.25, -0.2) is 15.0 Å². The van der Waals surface area contributed by atoms with Gasteiger partial charge in [0.1, 0.15) is 18.0 Å². The van der Waals surface area contributed by atoms with Crippen LogP contribution < -0.4 is 5.32 Å². The second-order valence-electron chi connectivity index (χ2n) is 4.18. The number of nitrogens with zero attached hydrogens (tertiary/aromatic N) is 5. The molecule has 2 rings (SSSR count).